The van der Waals surface area contributed by atoms with Crippen molar-refractivity contribution >= 4 is 72.9 Å². The molecule has 1 radical (unpaired) electrons. The van der Waals surface area contributed by atoms with Crippen molar-refractivity contribution in [1.82, 2.24) is 4.57 Å². The van der Waals surface area contributed by atoms with E-state index in [0.29, 0.717) is 0 Å². The number of nitrogens with one attached hydrogen (secondary N) is 1. The molecule has 0 spiro atoms. The molecule has 1 aliphatic heterocycles. The zero-order valence-corrected chi connectivity index (χ0v) is 41.1. The summed E-state index contributed by atoms with van der Waals surface area (Å²) in [5, 5.41) is 12.2. The van der Waals surface area contributed by atoms with E-state index in [0.717, 1.165) is 0 Å². The number of benzene rings is 7. The fourth-order valence-corrected chi connectivity index (χ4v) is 13.3. The summed E-state index contributed by atoms with van der Waals surface area (Å²) in [5.74, 6) is 0. The normalized spacial score (nSPS) is 20.2. The summed E-state index contributed by atoms with van der Waals surface area (Å²) < 4.78 is 2.68. The third-order valence-electron chi connectivity index (χ3n) is 17.8. The SMILES string of the molecule is CC1(C)CCC(C)(C)c2cc(Nc3cc4c(cc3-c3c5c6c(c7ccccc37)c3c7ccccc7ccc3n6-c3cc6c(cc3[B]5)C(C)(C)CCC6(C)C)C(C)(C)CCC4(C)C)ccc21. The van der Waals surface area contributed by atoms with Crippen LogP contribution in [0, 0.1) is 0 Å². The van der Waals surface area contributed by atoms with E-state index in [2.05, 4.69) is 203 Å². The molecular weight excluding hydrogens is 784 g/mol. The minimum atomic E-state index is 0.0400. The van der Waals surface area contributed by atoms with Crippen molar-refractivity contribution < 1.29 is 0 Å². The van der Waals surface area contributed by atoms with Crippen LogP contribution >= 0.6 is 0 Å². The maximum atomic E-state index is 4.21. The van der Waals surface area contributed by atoms with Gasteiger partial charge < -0.3 is 9.88 Å². The van der Waals surface area contributed by atoms with E-state index in [4.69, 9.17) is 0 Å². The van der Waals surface area contributed by atoms with E-state index in [1.807, 2.05) is 0 Å². The van der Waals surface area contributed by atoms with E-state index < -0.39 is 0 Å². The predicted octanol–water partition coefficient (Wildman–Crippen LogP) is 15.5. The van der Waals surface area contributed by atoms with Gasteiger partial charge in [0.2, 0.25) is 0 Å². The zero-order chi connectivity index (χ0) is 45.4. The fourth-order valence-electron chi connectivity index (χ4n) is 13.3. The van der Waals surface area contributed by atoms with Crippen molar-refractivity contribution in [3.8, 4) is 16.8 Å². The molecule has 1 N–H and O–H groups in total. The summed E-state index contributed by atoms with van der Waals surface area (Å²) in [5.41, 5.74) is 21.1. The van der Waals surface area contributed by atoms with Crippen LogP contribution in [0.2, 0.25) is 0 Å². The Labute approximate surface area is 388 Å². The highest BCUT2D eigenvalue weighted by molar-refractivity contribution is 6.74. The molecular formula is C62H66BN2. The van der Waals surface area contributed by atoms with Gasteiger partial charge in [0.05, 0.1) is 5.52 Å². The molecule has 1 aromatic heterocycles. The second-order valence-corrected chi connectivity index (χ2v) is 24.8. The number of nitrogens with zero attached hydrogens (tertiary/aromatic N) is 1. The molecule has 4 aliphatic rings. The maximum absolute atomic E-state index is 4.21. The molecule has 65 heavy (non-hydrogen) atoms. The Morgan fingerprint density at radius 1 is 0.462 bits per heavy atom. The molecule has 3 heteroatoms. The molecule has 3 aliphatic carbocycles. The fraction of sp³-hybridized carbons (Fsp3) is 0.387. The van der Waals surface area contributed by atoms with E-state index in [1.165, 1.54) is 154 Å². The number of fused-ring (bicyclic) bond motifs is 12. The molecule has 0 saturated carbocycles. The number of anilines is 2. The summed E-state index contributed by atoms with van der Waals surface area (Å²) in [7, 11) is 2.60. The third-order valence-corrected chi connectivity index (χ3v) is 17.8. The number of aromatic nitrogens is 1. The first-order chi connectivity index (χ1) is 30.7. The van der Waals surface area contributed by atoms with E-state index >= 15 is 0 Å². The third kappa shape index (κ3) is 5.85. The lowest BCUT2D eigenvalue weighted by molar-refractivity contribution is 0.332. The highest BCUT2D eigenvalue weighted by atomic mass is 15.0. The van der Waals surface area contributed by atoms with Crippen molar-refractivity contribution in [1.29, 1.82) is 0 Å². The first-order valence-electron chi connectivity index (χ1n) is 24.7. The van der Waals surface area contributed by atoms with Gasteiger partial charge in [-0.3, -0.25) is 0 Å². The Hall–Kier alpha value is -5.28. The van der Waals surface area contributed by atoms with Gasteiger partial charge in [0, 0.05) is 38.9 Å². The molecule has 0 atom stereocenters. The van der Waals surface area contributed by atoms with E-state index in [-0.39, 0.29) is 32.5 Å². The summed E-state index contributed by atoms with van der Waals surface area (Å²) in [6.45, 7) is 29.5. The van der Waals surface area contributed by atoms with Crippen LogP contribution in [0.1, 0.15) is 155 Å². The van der Waals surface area contributed by atoms with Gasteiger partial charge >= 0.3 is 0 Å². The molecule has 0 fully saturated rings. The Bertz CT molecular complexity index is 3380. The Balaban J connectivity index is 1.22. The van der Waals surface area contributed by atoms with Crippen LogP contribution in [0.15, 0.2) is 103 Å². The topological polar surface area (TPSA) is 17.0 Å². The number of rotatable bonds is 3. The molecule has 327 valence electrons. The second kappa shape index (κ2) is 13.2. The second-order valence-electron chi connectivity index (χ2n) is 24.8. The van der Waals surface area contributed by atoms with Gasteiger partial charge in [0.15, 0.2) is 7.28 Å². The lowest BCUT2D eigenvalue weighted by Crippen LogP contribution is -2.41. The highest BCUT2D eigenvalue weighted by Crippen LogP contribution is 2.53. The van der Waals surface area contributed by atoms with Crippen molar-refractivity contribution in [3.63, 3.8) is 0 Å². The summed E-state index contributed by atoms with van der Waals surface area (Å²) in [4.78, 5) is 0. The minimum absolute atomic E-state index is 0.0400. The van der Waals surface area contributed by atoms with Crippen LogP contribution in [-0.2, 0) is 32.5 Å². The van der Waals surface area contributed by atoms with Gasteiger partial charge in [-0.1, -0.05) is 155 Å². The van der Waals surface area contributed by atoms with Gasteiger partial charge in [-0.05, 0) is 173 Å². The van der Waals surface area contributed by atoms with Crippen molar-refractivity contribution in [2.75, 3.05) is 5.32 Å². The standard InChI is InChI=1S/C62H66BN2/c1-57(2)25-26-58(3,4)43-31-37(22-23-42(43)57)64-49-34-46-44(59(5,6)27-29-61(46,9)10)32-41(49)52-39-19-15-16-20-40(39)54-53-38-18-14-13-17-36(38)21-24-50(53)65-51-35-47-45(33-48(51)63-55(52)56(54)65)60(7,8)28-30-62(47,11)12/h13-24,31-35,64H,25-30H2,1-12H3. The van der Waals surface area contributed by atoms with E-state index in [1.54, 1.807) is 0 Å². The first kappa shape index (κ1) is 41.2. The van der Waals surface area contributed by atoms with E-state index in [9.17, 15) is 0 Å². The predicted molar refractivity (Wildman–Crippen MR) is 282 cm³/mol. The molecule has 0 saturated heterocycles. The van der Waals surface area contributed by atoms with Gasteiger partial charge in [-0.2, -0.15) is 0 Å². The quantitative estimate of drug-likeness (QED) is 0.175. The molecule has 0 amide bonds. The minimum Gasteiger partial charge on any atom is -0.355 e. The average molecular weight is 850 g/mol. The summed E-state index contributed by atoms with van der Waals surface area (Å²) in [6.07, 6.45) is 7.12. The van der Waals surface area contributed by atoms with Gasteiger partial charge in [-0.25, -0.2) is 0 Å². The van der Waals surface area contributed by atoms with Crippen molar-refractivity contribution in [3.05, 3.63) is 137 Å². The van der Waals surface area contributed by atoms with Crippen LogP contribution in [0.3, 0.4) is 0 Å². The van der Waals surface area contributed by atoms with Gasteiger partial charge in [0.25, 0.3) is 0 Å². The lowest BCUT2D eigenvalue weighted by Gasteiger charge is -2.43. The van der Waals surface area contributed by atoms with Crippen LogP contribution < -0.4 is 16.2 Å². The smallest absolute Gasteiger partial charge is 0.197 e. The summed E-state index contributed by atoms with van der Waals surface area (Å²) in [6, 6.07) is 40.9. The molecule has 0 bridgehead atoms. The van der Waals surface area contributed by atoms with Crippen LogP contribution in [0.4, 0.5) is 11.4 Å². The Kier molecular flexibility index (Phi) is 8.37. The van der Waals surface area contributed by atoms with Gasteiger partial charge in [-0.15, -0.1) is 0 Å². The lowest BCUT2D eigenvalue weighted by atomic mass is 9.55. The zero-order valence-electron chi connectivity index (χ0n) is 41.1. The van der Waals surface area contributed by atoms with Gasteiger partial charge in [0.1, 0.15) is 0 Å². The molecule has 2 nitrogen and oxygen atoms in total. The van der Waals surface area contributed by atoms with Crippen LogP contribution in [0.5, 0.6) is 0 Å². The highest BCUT2D eigenvalue weighted by Gasteiger charge is 2.42. The maximum Gasteiger partial charge on any atom is 0.197 e. The molecule has 0 unspecified atom stereocenters. The van der Waals surface area contributed by atoms with Crippen LogP contribution in [0.25, 0.3) is 60.2 Å². The average Bonchev–Trinajstić information content (AvgIpc) is 3.63. The van der Waals surface area contributed by atoms with Crippen molar-refractivity contribution in [2.45, 2.75) is 154 Å². The monoisotopic (exact) mass is 850 g/mol. The molecule has 7 aromatic carbocycles. The summed E-state index contributed by atoms with van der Waals surface area (Å²) >= 11 is 0. The largest absolute Gasteiger partial charge is 0.355 e. The molecule has 8 aromatic rings. The molecule has 2 heterocycles. The first-order valence-corrected chi connectivity index (χ1v) is 24.7. The Morgan fingerprint density at radius 2 is 0.985 bits per heavy atom. The van der Waals surface area contributed by atoms with Crippen LogP contribution in [-0.4, -0.2) is 11.8 Å². The number of hydrogen-bond acceptors (Lipinski definition) is 1. The van der Waals surface area contributed by atoms with Crippen molar-refractivity contribution in [2.24, 2.45) is 0 Å². The Morgan fingerprint density at radius 3 is 1.63 bits per heavy atom. The molecule has 12 rings (SSSR count). The number of hydrogen-bond donors (Lipinski definition) is 1.